The number of likely N-dealkylation sites (N-methyl/N-ethyl adjacent to an activating group) is 1. The topological polar surface area (TPSA) is 158 Å². The van der Waals surface area contributed by atoms with E-state index in [4.69, 9.17) is 32.1 Å². The predicted octanol–water partition coefficient (Wildman–Crippen LogP) is 0.0628. The van der Waals surface area contributed by atoms with Crippen LogP contribution >= 0.6 is 0 Å². The highest BCUT2D eigenvalue weighted by Gasteiger charge is 2.42. The molecule has 0 bridgehead atoms. The molecule has 7 N–H and O–H groups in total. The van der Waals surface area contributed by atoms with Crippen LogP contribution in [-0.2, 0) is 16.0 Å². The van der Waals surface area contributed by atoms with E-state index in [1.165, 1.54) is 0 Å². The molecule has 10 nitrogen and oxygen atoms in total. The Labute approximate surface area is 156 Å². The number of nitrogens with one attached hydrogen (secondary N) is 1. The lowest BCUT2D eigenvalue weighted by Gasteiger charge is -2.24. The summed E-state index contributed by atoms with van der Waals surface area (Å²) in [5.74, 6) is -1.03. The molecule has 0 spiro atoms. The number of hydrogen-bond acceptors (Lipinski definition) is 6. The average molecular weight is 375 g/mol. The first-order chi connectivity index (χ1) is 12.6. The minimum Gasteiger partial charge on any atom is -0.370 e. The fourth-order valence-electron chi connectivity index (χ4n) is 3.26. The second-order valence-corrected chi connectivity index (χ2v) is 7.13. The molecule has 146 valence electrons. The van der Waals surface area contributed by atoms with Crippen molar-refractivity contribution in [1.29, 1.82) is 5.41 Å². The minimum atomic E-state index is -0.767. The van der Waals surface area contributed by atoms with Crippen LogP contribution in [-0.4, -0.2) is 57.9 Å². The molecule has 1 amide bonds. The number of amides is 1. The van der Waals surface area contributed by atoms with Gasteiger partial charge in [0, 0.05) is 19.2 Å². The number of rotatable bonds is 5. The fraction of sp³-hybridized carbons (Fsp3) is 0.471. The highest BCUT2D eigenvalue weighted by atomic mass is 16.8. The van der Waals surface area contributed by atoms with Crippen LogP contribution in [0.25, 0.3) is 11.0 Å². The fourth-order valence-corrected chi connectivity index (χ4v) is 3.26. The van der Waals surface area contributed by atoms with Gasteiger partial charge < -0.3 is 36.1 Å². The average Bonchev–Trinajstić information content (AvgIpc) is 3.02. The number of imidazole rings is 1. The maximum atomic E-state index is 11.4. The number of anilines is 1. The summed E-state index contributed by atoms with van der Waals surface area (Å²) in [7, 11) is 1.72. The number of fused-ring (bicyclic) bond motifs is 1. The minimum absolute atomic E-state index is 0.0476. The zero-order valence-corrected chi connectivity index (χ0v) is 15.6. The van der Waals surface area contributed by atoms with Crippen LogP contribution in [0.5, 0.6) is 0 Å². The highest BCUT2D eigenvalue weighted by molar-refractivity contribution is 5.96. The Morgan fingerprint density at radius 1 is 1.33 bits per heavy atom. The first-order valence-electron chi connectivity index (χ1n) is 8.54. The lowest BCUT2D eigenvalue weighted by Crippen LogP contribution is -2.43. The van der Waals surface area contributed by atoms with Crippen molar-refractivity contribution >= 4 is 28.8 Å². The summed E-state index contributed by atoms with van der Waals surface area (Å²) in [4.78, 5) is 17.3. The number of benzene rings is 1. The van der Waals surface area contributed by atoms with Crippen LogP contribution in [0, 0.1) is 5.41 Å². The number of ether oxygens (including phenoxy) is 2. The molecule has 27 heavy (non-hydrogen) atoms. The monoisotopic (exact) mass is 375 g/mol. The molecule has 10 heteroatoms. The molecular weight excluding hydrogens is 350 g/mol. The highest BCUT2D eigenvalue weighted by Crippen LogP contribution is 2.31. The van der Waals surface area contributed by atoms with Crippen LogP contribution in [0.4, 0.5) is 5.95 Å². The standard InChI is InChI=1S/C17H25N7O3/c1-17(2)26-12(7-23(3)15(19)20)13(27-17)8-24-11-5-4-9(14(18)25)6-10(11)22-16(24)21/h4-6,12-13H,7-8H2,1-3H3,(H2,18,25)(H3,19,20)(H2,21,22)/t12-,13-/m1/s1. The Morgan fingerprint density at radius 2 is 2.00 bits per heavy atom. The maximum absolute atomic E-state index is 11.4. The molecule has 2 aromatic rings. The van der Waals surface area contributed by atoms with Gasteiger partial charge in [0.2, 0.25) is 11.9 Å². The van der Waals surface area contributed by atoms with Gasteiger partial charge in [0.1, 0.15) is 12.2 Å². The molecule has 3 rings (SSSR count). The van der Waals surface area contributed by atoms with E-state index in [9.17, 15) is 4.79 Å². The number of guanidine groups is 1. The Kier molecular flexibility index (Phi) is 4.70. The van der Waals surface area contributed by atoms with Gasteiger partial charge in [0.05, 0.1) is 17.6 Å². The van der Waals surface area contributed by atoms with Crippen molar-refractivity contribution in [3.05, 3.63) is 23.8 Å². The van der Waals surface area contributed by atoms with Gasteiger partial charge in [-0.05, 0) is 32.0 Å². The summed E-state index contributed by atoms with van der Waals surface area (Å²) in [6.45, 7) is 4.48. The van der Waals surface area contributed by atoms with Crippen molar-refractivity contribution in [3.8, 4) is 0 Å². The summed E-state index contributed by atoms with van der Waals surface area (Å²) >= 11 is 0. The van der Waals surface area contributed by atoms with E-state index in [0.29, 0.717) is 30.1 Å². The number of nitrogens with zero attached hydrogens (tertiary/aromatic N) is 3. The van der Waals surface area contributed by atoms with Gasteiger partial charge in [0.15, 0.2) is 11.7 Å². The van der Waals surface area contributed by atoms with Crippen molar-refractivity contribution < 1.29 is 14.3 Å². The third-order valence-corrected chi connectivity index (χ3v) is 4.57. The molecule has 0 aliphatic carbocycles. The summed E-state index contributed by atoms with van der Waals surface area (Å²) in [6, 6.07) is 5.01. The van der Waals surface area contributed by atoms with Gasteiger partial charge in [-0.15, -0.1) is 0 Å². The first-order valence-corrected chi connectivity index (χ1v) is 8.54. The molecule has 1 aliphatic rings. The SMILES string of the molecule is CN(C[C@H]1OC(C)(C)O[C@@H]1Cn1c(N)nc2cc(C(N)=O)ccc21)C(=N)N. The van der Waals surface area contributed by atoms with Crippen molar-refractivity contribution in [3.63, 3.8) is 0 Å². The largest absolute Gasteiger partial charge is 0.370 e. The van der Waals surface area contributed by atoms with Crippen LogP contribution in [0.1, 0.15) is 24.2 Å². The Bertz CT molecular complexity index is 892. The van der Waals surface area contributed by atoms with Crippen molar-refractivity contribution in [2.24, 2.45) is 11.5 Å². The lowest BCUT2D eigenvalue weighted by atomic mass is 10.1. The number of nitrogens with two attached hydrogens (primary N) is 3. The molecule has 1 aromatic heterocycles. The van der Waals surface area contributed by atoms with E-state index >= 15 is 0 Å². The number of hydrogen-bond donors (Lipinski definition) is 4. The second-order valence-electron chi connectivity index (χ2n) is 7.13. The Hall–Kier alpha value is -2.85. The van der Waals surface area contributed by atoms with E-state index < -0.39 is 11.7 Å². The molecule has 1 fully saturated rings. The summed E-state index contributed by atoms with van der Waals surface area (Å²) in [6.07, 6.45) is -0.632. The van der Waals surface area contributed by atoms with Gasteiger partial charge in [-0.3, -0.25) is 10.2 Å². The molecule has 1 saturated heterocycles. The van der Waals surface area contributed by atoms with Gasteiger partial charge in [-0.1, -0.05) is 0 Å². The van der Waals surface area contributed by atoms with E-state index in [0.717, 1.165) is 5.52 Å². The molecule has 0 saturated carbocycles. The molecular formula is C17H25N7O3. The third-order valence-electron chi connectivity index (χ3n) is 4.57. The van der Waals surface area contributed by atoms with E-state index in [2.05, 4.69) is 4.98 Å². The van der Waals surface area contributed by atoms with E-state index in [1.807, 2.05) is 18.4 Å². The summed E-state index contributed by atoms with van der Waals surface area (Å²) in [5, 5.41) is 7.56. The van der Waals surface area contributed by atoms with Crippen LogP contribution in [0.2, 0.25) is 0 Å². The van der Waals surface area contributed by atoms with Gasteiger partial charge in [-0.2, -0.15) is 0 Å². The molecule has 1 aliphatic heterocycles. The quantitative estimate of drug-likeness (QED) is 0.425. The number of aromatic nitrogens is 2. The molecule has 0 unspecified atom stereocenters. The van der Waals surface area contributed by atoms with Gasteiger partial charge in [0.25, 0.3) is 0 Å². The number of nitrogen functional groups attached to an aromatic ring is 1. The number of carbonyl (C=O) groups excluding carboxylic acids is 1. The summed E-state index contributed by atoms with van der Waals surface area (Å²) in [5.41, 5.74) is 18.7. The lowest BCUT2D eigenvalue weighted by molar-refractivity contribution is -0.147. The Morgan fingerprint density at radius 3 is 2.63 bits per heavy atom. The first kappa shape index (κ1) is 18.9. The normalized spacial score (nSPS) is 21.4. The van der Waals surface area contributed by atoms with Crippen LogP contribution in [0.3, 0.4) is 0 Å². The zero-order valence-electron chi connectivity index (χ0n) is 15.6. The van der Waals surface area contributed by atoms with Crippen molar-refractivity contribution in [2.45, 2.75) is 38.4 Å². The van der Waals surface area contributed by atoms with E-state index in [1.54, 1.807) is 30.1 Å². The smallest absolute Gasteiger partial charge is 0.248 e. The maximum Gasteiger partial charge on any atom is 0.248 e. The Balaban J connectivity index is 1.89. The second kappa shape index (κ2) is 6.71. The number of carbonyl (C=O) groups is 1. The third kappa shape index (κ3) is 3.81. The van der Waals surface area contributed by atoms with E-state index in [-0.39, 0.29) is 18.2 Å². The van der Waals surface area contributed by atoms with Crippen LogP contribution < -0.4 is 17.2 Å². The molecule has 2 atom stereocenters. The van der Waals surface area contributed by atoms with Crippen LogP contribution in [0.15, 0.2) is 18.2 Å². The molecule has 1 aromatic carbocycles. The zero-order chi connectivity index (χ0) is 19.9. The number of primary amides is 1. The molecule has 2 heterocycles. The molecule has 0 radical (unpaired) electrons. The van der Waals surface area contributed by atoms with Gasteiger partial charge >= 0.3 is 0 Å². The predicted molar refractivity (Wildman–Crippen MR) is 101 cm³/mol. The van der Waals surface area contributed by atoms with Gasteiger partial charge in [-0.25, -0.2) is 4.98 Å². The van der Waals surface area contributed by atoms with Crippen molar-refractivity contribution in [1.82, 2.24) is 14.5 Å². The van der Waals surface area contributed by atoms with Crippen molar-refractivity contribution in [2.75, 3.05) is 19.3 Å². The summed E-state index contributed by atoms with van der Waals surface area (Å²) < 4.78 is 13.8.